The lowest BCUT2D eigenvalue weighted by molar-refractivity contribution is 0.790. The molecule has 0 aromatic heterocycles. The molecular weight excluding hydrogens is 232 g/mol. The highest BCUT2D eigenvalue weighted by molar-refractivity contribution is 8.77. The van der Waals surface area contributed by atoms with Crippen LogP contribution in [0.2, 0.25) is 0 Å². The lowest BCUT2D eigenvalue weighted by Crippen LogP contribution is -2.00. The molecular formula is C14H32S2. The van der Waals surface area contributed by atoms with Crippen LogP contribution in [0.15, 0.2) is 0 Å². The van der Waals surface area contributed by atoms with Gasteiger partial charge in [0.05, 0.1) is 0 Å². The van der Waals surface area contributed by atoms with E-state index in [-0.39, 0.29) is 0 Å². The van der Waals surface area contributed by atoms with Crippen molar-refractivity contribution >= 4 is 21.6 Å². The Bertz CT molecular complexity index is 93.3. The van der Waals surface area contributed by atoms with Gasteiger partial charge in [-0.1, -0.05) is 76.0 Å². The van der Waals surface area contributed by atoms with Crippen molar-refractivity contribution in [2.75, 3.05) is 0 Å². The zero-order valence-corrected chi connectivity index (χ0v) is 13.8. The Morgan fingerprint density at radius 1 is 0.562 bits per heavy atom. The molecule has 0 spiro atoms. The highest BCUT2D eigenvalue weighted by atomic mass is 33.1. The van der Waals surface area contributed by atoms with Crippen molar-refractivity contribution in [2.24, 2.45) is 0 Å². The van der Waals surface area contributed by atoms with Crippen molar-refractivity contribution in [2.45, 2.75) is 90.6 Å². The summed E-state index contributed by atoms with van der Waals surface area (Å²) in [5.74, 6) is 0. The average Bonchev–Trinajstić information content (AvgIpc) is 2.35. The molecule has 100 valence electrons. The fourth-order valence-electron chi connectivity index (χ4n) is 1.01. The van der Waals surface area contributed by atoms with Gasteiger partial charge in [-0.2, -0.15) is 0 Å². The molecule has 0 radical (unpaired) electrons. The van der Waals surface area contributed by atoms with Crippen LogP contribution in [0.4, 0.5) is 0 Å². The summed E-state index contributed by atoms with van der Waals surface area (Å²) >= 11 is 0. The minimum absolute atomic E-state index is 0.871. The van der Waals surface area contributed by atoms with Crippen molar-refractivity contribution in [1.29, 1.82) is 0 Å². The van der Waals surface area contributed by atoms with Gasteiger partial charge in [0.25, 0.3) is 0 Å². The summed E-state index contributed by atoms with van der Waals surface area (Å²) < 4.78 is 0. The zero-order valence-electron chi connectivity index (χ0n) is 12.2. The van der Waals surface area contributed by atoms with Crippen LogP contribution < -0.4 is 0 Å². The number of hydrogen-bond donors (Lipinski definition) is 0. The fraction of sp³-hybridized carbons (Fsp3) is 1.00. The number of rotatable bonds is 8. The van der Waals surface area contributed by atoms with Crippen LogP contribution in [-0.2, 0) is 0 Å². The molecule has 0 amide bonds. The summed E-state index contributed by atoms with van der Waals surface area (Å²) in [6.45, 7) is 13.5. The standard InChI is InChI=1S/C10H22S2.C4H10/c1-5-9(6-2)11-12-10(7-3)8-4;1-3-4-2/h9-10H,5-8H2,1-4H3;3-4H2,1-2H3. The van der Waals surface area contributed by atoms with Gasteiger partial charge in [-0.3, -0.25) is 0 Å². The van der Waals surface area contributed by atoms with Gasteiger partial charge in [0.15, 0.2) is 0 Å². The molecule has 16 heavy (non-hydrogen) atoms. The van der Waals surface area contributed by atoms with Crippen LogP contribution in [0.3, 0.4) is 0 Å². The quantitative estimate of drug-likeness (QED) is 0.456. The molecule has 0 heterocycles. The molecule has 0 atom stereocenters. The Balaban J connectivity index is 0. The maximum atomic E-state index is 2.29. The van der Waals surface area contributed by atoms with E-state index in [1.165, 1.54) is 38.5 Å². The van der Waals surface area contributed by atoms with Gasteiger partial charge in [0.1, 0.15) is 0 Å². The molecule has 0 unspecified atom stereocenters. The highest BCUT2D eigenvalue weighted by Gasteiger charge is 2.09. The Morgan fingerprint density at radius 3 is 0.938 bits per heavy atom. The molecule has 0 saturated carbocycles. The molecule has 0 saturated heterocycles. The van der Waals surface area contributed by atoms with Crippen LogP contribution in [-0.4, -0.2) is 10.5 Å². The highest BCUT2D eigenvalue weighted by Crippen LogP contribution is 2.36. The third-order valence-corrected chi connectivity index (χ3v) is 6.60. The van der Waals surface area contributed by atoms with Crippen LogP contribution in [0.25, 0.3) is 0 Å². The van der Waals surface area contributed by atoms with Gasteiger partial charge < -0.3 is 0 Å². The van der Waals surface area contributed by atoms with E-state index in [9.17, 15) is 0 Å². The SMILES string of the molecule is CCC(CC)SSC(CC)CC.CCCC. The largest absolute Gasteiger partial charge is 0.0905 e. The Hall–Kier alpha value is 0.700. The van der Waals surface area contributed by atoms with Gasteiger partial charge in [-0.25, -0.2) is 0 Å². The predicted molar refractivity (Wildman–Crippen MR) is 84.5 cm³/mol. The minimum Gasteiger partial charge on any atom is -0.0905 e. The lowest BCUT2D eigenvalue weighted by atomic mass is 10.3. The fourth-order valence-corrected chi connectivity index (χ4v) is 4.44. The number of hydrogen-bond acceptors (Lipinski definition) is 2. The second-order valence-corrected chi connectivity index (χ2v) is 6.94. The van der Waals surface area contributed by atoms with E-state index in [1.54, 1.807) is 0 Å². The molecule has 0 aliphatic carbocycles. The molecule has 0 fully saturated rings. The van der Waals surface area contributed by atoms with E-state index in [2.05, 4.69) is 63.1 Å². The summed E-state index contributed by atoms with van der Waals surface area (Å²) in [5, 5.41) is 1.74. The van der Waals surface area contributed by atoms with E-state index in [0.717, 1.165) is 10.5 Å². The summed E-state index contributed by atoms with van der Waals surface area (Å²) in [4.78, 5) is 0. The molecule has 2 heteroatoms. The van der Waals surface area contributed by atoms with E-state index in [4.69, 9.17) is 0 Å². The summed E-state index contributed by atoms with van der Waals surface area (Å²) in [6, 6.07) is 0. The zero-order chi connectivity index (χ0) is 12.8. The van der Waals surface area contributed by atoms with E-state index in [0.29, 0.717) is 0 Å². The first-order valence-corrected chi connectivity index (χ1v) is 9.29. The average molecular weight is 265 g/mol. The third kappa shape index (κ3) is 12.8. The topological polar surface area (TPSA) is 0 Å². The Morgan fingerprint density at radius 2 is 0.812 bits per heavy atom. The van der Waals surface area contributed by atoms with Gasteiger partial charge >= 0.3 is 0 Å². The van der Waals surface area contributed by atoms with Crippen molar-refractivity contribution in [3.05, 3.63) is 0 Å². The number of unbranched alkanes of at least 4 members (excludes halogenated alkanes) is 1. The van der Waals surface area contributed by atoms with Crippen LogP contribution in [0.1, 0.15) is 80.1 Å². The van der Waals surface area contributed by atoms with E-state index in [1.807, 2.05) is 0 Å². The van der Waals surface area contributed by atoms with Gasteiger partial charge in [0.2, 0.25) is 0 Å². The second kappa shape index (κ2) is 15.7. The summed E-state index contributed by atoms with van der Waals surface area (Å²) in [5.41, 5.74) is 0. The molecule has 0 rings (SSSR count). The van der Waals surface area contributed by atoms with Crippen molar-refractivity contribution in [3.63, 3.8) is 0 Å². The first kappa shape index (κ1) is 19.0. The lowest BCUT2D eigenvalue weighted by Gasteiger charge is -2.15. The van der Waals surface area contributed by atoms with Gasteiger partial charge in [0, 0.05) is 10.5 Å². The second-order valence-electron chi connectivity index (χ2n) is 4.07. The minimum atomic E-state index is 0.871. The monoisotopic (exact) mass is 264 g/mol. The molecule has 0 N–H and O–H groups in total. The maximum absolute atomic E-state index is 2.29. The van der Waals surface area contributed by atoms with Crippen LogP contribution >= 0.6 is 21.6 Å². The Kier molecular flexibility index (Phi) is 18.7. The maximum Gasteiger partial charge on any atom is 0.0146 e. The molecule has 0 aliphatic rings. The van der Waals surface area contributed by atoms with Crippen LogP contribution in [0, 0.1) is 0 Å². The van der Waals surface area contributed by atoms with Crippen LogP contribution in [0.5, 0.6) is 0 Å². The van der Waals surface area contributed by atoms with Crippen molar-refractivity contribution in [1.82, 2.24) is 0 Å². The van der Waals surface area contributed by atoms with Crippen molar-refractivity contribution < 1.29 is 0 Å². The summed E-state index contributed by atoms with van der Waals surface area (Å²) in [6.07, 6.45) is 7.89. The van der Waals surface area contributed by atoms with Gasteiger partial charge in [-0.15, -0.1) is 0 Å². The predicted octanol–water partition coefficient (Wildman–Crippen LogP) is 6.55. The molecule has 0 bridgehead atoms. The molecule has 0 aromatic carbocycles. The molecule has 0 nitrogen and oxygen atoms in total. The first-order valence-electron chi connectivity index (χ1n) is 7.01. The normalized spacial score (nSPS) is 10.5. The van der Waals surface area contributed by atoms with Crippen molar-refractivity contribution in [3.8, 4) is 0 Å². The molecule has 0 aromatic rings. The molecule has 0 aliphatic heterocycles. The Labute approximate surface area is 112 Å². The van der Waals surface area contributed by atoms with E-state index >= 15 is 0 Å². The first-order chi connectivity index (χ1) is 7.69. The summed E-state index contributed by atoms with van der Waals surface area (Å²) in [7, 11) is 4.19. The third-order valence-electron chi connectivity index (χ3n) is 2.65. The van der Waals surface area contributed by atoms with Gasteiger partial charge in [-0.05, 0) is 25.7 Å². The smallest absolute Gasteiger partial charge is 0.0146 e. The van der Waals surface area contributed by atoms with E-state index < -0.39 is 0 Å².